The topological polar surface area (TPSA) is 95.1 Å². The van der Waals surface area contributed by atoms with E-state index in [9.17, 15) is 18.0 Å². The van der Waals surface area contributed by atoms with Crippen molar-refractivity contribution in [3.05, 3.63) is 83.2 Å². The molecule has 2 heterocycles. The molecule has 0 atom stereocenters. The fourth-order valence-electron chi connectivity index (χ4n) is 3.30. The Morgan fingerprint density at radius 1 is 1.26 bits per heavy atom. The Kier molecular flexibility index (Phi) is 6.35. The summed E-state index contributed by atoms with van der Waals surface area (Å²) in [6.07, 6.45) is 2.63. The number of aryl methyl sites for hydroxylation is 1. The van der Waals surface area contributed by atoms with E-state index in [0.29, 0.717) is 29.3 Å². The molecule has 4 rings (SSSR count). The first-order chi connectivity index (χ1) is 16.2. The van der Waals surface area contributed by atoms with Crippen LogP contribution in [0.2, 0.25) is 0 Å². The van der Waals surface area contributed by atoms with Gasteiger partial charge in [-0.15, -0.1) is 18.3 Å². The van der Waals surface area contributed by atoms with E-state index in [1.807, 2.05) is 6.07 Å². The van der Waals surface area contributed by atoms with Gasteiger partial charge in [-0.05, 0) is 49.3 Å². The summed E-state index contributed by atoms with van der Waals surface area (Å²) in [6.45, 7) is 2.17. The maximum absolute atomic E-state index is 12.5. The first-order valence-corrected chi connectivity index (χ1v) is 10.2. The van der Waals surface area contributed by atoms with Crippen molar-refractivity contribution < 1.29 is 27.1 Å². The number of carbonyl (C=O) groups excluding carboxylic acids is 1. The van der Waals surface area contributed by atoms with Crippen LogP contribution in [0.25, 0.3) is 17.3 Å². The monoisotopic (exact) mass is 471 g/mol. The Bertz CT molecular complexity index is 1300. The molecule has 0 saturated heterocycles. The molecule has 1 aromatic carbocycles. The number of benzene rings is 1. The van der Waals surface area contributed by atoms with Crippen LogP contribution in [-0.4, -0.2) is 39.1 Å². The van der Waals surface area contributed by atoms with Crippen molar-refractivity contribution in [2.45, 2.75) is 26.3 Å². The molecule has 0 fully saturated rings. The average Bonchev–Trinajstić information content (AvgIpc) is 3.35. The average molecular weight is 471 g/mol. The molecule has 2 aromatic heterocycles. The lowest BCUT2D eigenvalue weighted by molar-refractivity contribution is -0.303. The van der Waals surface area contributed by atoms with E-state index in [2.05, 4.69) is 25.1 Å². The van der Waals surface area contributed by atoms with Crippen molar-refractivity contribution in [2.24, 2.45) is 0 Å². The van der Waals surface area contributed by atoms with Crippen LogP contribution in [0.15, 0.2) is 64.9 Å². The maximum atomic E-state index is 12.5. The number of aromatic nitrogens is 4. The van der Waals surface area contributed by atoms with Crippen LogP contribution in [0.3, 0.4) is 0 Å². The number of rotatable bonds is 6. The summed E-state index contributed by atoms with van der Waals surface area (Å²) in [4.78, 5) is 20.5. The Balaban J connectivity index is 1.50. The summed E-state index contributed by atoms with van der Waals surface area (Å²) in [5.41, 5.74) is 1.96. The highest BCUT2D eigenvalue weighted by molar-refractivity contribution is 5.94. The van der Waals surface area contributed by atoms with E-state index in [1.54, 1.807) is 42.9 Å². The van der Waals surface area contributed by atoms with E-state index in [1.165, 1.54) is 24.4 Å². The first kappa shape index (κ1) is 23.0. The number of amides is 1. The van der Waals surface area contributed by atoms with Gasteiger partial charge in [-0.2, -0.15) is 0 Å². The SMILES string of the molecule is CNC(=O)c1cccc(Cn2nc(-c3ncc(C4=CCC=C(OC(F)(F)F)C=C4)o3)nc2C)c1. The van der Waals surface area contributed by atoms with Crippen LogP contribution in [0.5, 0.6) is 0 Å². The number of alkyl halides is 3. The smallest absolute Gasteiger partial charge is 0.434 e. The standard InChI is InChI=1S/C23H20F3N5O3/c1-14-29-20(30-31(14)13-15-5-3-7-17(11-15)21(32)27-2)22-28-12-19(33-22)16-6-4-8-18(10-9-16)34-23(24,25)26/h3,5-12H,4,13H2,1-2H3,(H,27,32). The number of nitrogens with zero attached hydrogens (tertiary/aromatic N) is 4. The van der Waals surface area contributed by atoms with Gasteiger partial charge in [-0.25, -0.2) is 14.6 Å². The molecule has 0 spiro atoms. The second-order valence-corrected chi connectivity index (χ2v) is 7.33. The molecule has 0 unspecified atom stereocenters. The Morgan fingerprint density at radius 3 is 2.85 bits per heavy atom. The molecule has 1 N–H and O–H groups in total. The molecule has 0 saturated carbocycles. The molecule has 0 bridgehead atoms. The molecule has 1 amide bonds. The van der Waals surface area contributed by atoms with Crippen LogP contribution < -0.4 is 5.32 Å². The highest BCUT2D eigenvalue weighted by Gasteiger charge is 2.31. The fraction of sp³-hybridized carbons (Fsp3) is 0.217. The van der Waals surface area contributed by atoms with Gasteiger partial charge < -0.3 is 14.5 Å². The van der Waals surface area contributed by atoms with E-state index in [0.717, 1.165) is 5.56 Å². The van der Waals surface area contributed by atoms with Gasteiger partial charge in [0, 0.05) is 18.2 Å². The zero-order chi connectivity index (χ0) is 24.3. The Hall–Kier alpha value is -4.15. The minimum Gasteiger partial charge on any atom is -0.434 e. The van der Waals surface area contributed by atoms with Crippen LogP contribution in [0, 0.1) is 6.92 Å². The van der Waals surface area contributed by atoms with Crippen molar-refractivity contribution in [2.75, 3.05) is 7.05 Å². The van der Waals surface area contributed by atoms with Gasteiger partial charge in [0.25, 0.3) is 11.8 Å². The number of halogens is 3. The van der Waals surface area contributed by atoms with Crippen molar-refractivity contribution in [3.63, 3.8) is 0 Å². The zero-order valence-corrected chi connectivity index (χ0v) is 18.3. The molecule has 0 radical (unpaired) electrons. The van der Waals surface area contributed by atoms with Crippen molar-refractivity contribution >= 4 is 11.5 Å². The van der Waals surface area contributed by atoms with E-state index in [-0.39, 0.29) is 29.8 Å². The van der Waals surface area contributed by atoms with E-state index < -0.39 is 6.36 Å². The molecule has 3 aromatic rings. The summed E-state index contributed by atoms with van der Waals surface area (Å²) in [5, 5.41) is 7.05. The molecule has 176 valence electrons. The Morgan fingerprint density at radius 2 is 2.09 bits per heavy atom. The third-order valence-corrected chi connectivity index (χ3v) is 4.90. The number of hydrogen-bond donors (Lipinski definition) is 1. The van der Waals surface area contributed by atoms with Gasteiger partial charge in [0.2, 0.25) is 5.82 Å². The number of ether oxygens (including phenoxy) is 1. The quantitative estimate of drug-likeness (QED) is 0.572. The Labute approximate surface area is 192 Å². The summed E-state index contributed by atoms with van der Waals surface area (Å²) < 4.78 is 48.8. The predicted molar refractivity (Wildman–Crippen MR) is 116 cm³/mol. The number of allylic oxidation sites excluding steroid dienone is 5. The molecule has 34 heavy (non-hydrogen) atoms. The molecule has 1 aliphatic rings. The minimum atomic E-state index is -4.76. The molecule has 8 nitrogen and oxygen atoms in total. The van der Waals surface area contributed by atoms with Gasteiger partial charge in [0.05, 0.1) is 12.7 Å². The summed E-state index contributed by atoms with van der Waals surface area (Å²) in [7, 11) is 1.57. The number of nitrogens with one attached hydrogen (secondary N) is 1. The van der Waals surface area contributed by atoms with Crippen LogP contribution in [0.1, 0.15) is 33.9 Å². The van der Waals surface area contributed by atoms with Crippen LogP contribution in [0.4, 0.5) is 13.2 Å². The summed E-state index contributed by atoms with van der Waals surface area (Å²) >= 11 is 0. The van der Waals surface area contributed by atoms with Gasteiger partial charge in [0.15, 0.2) is 5.76 Å². The minimum absolute atomic E-state index is 0.175. The summed E-state index contributed by atoms with van der Waals surface area (Å²) in [5.74, 6) is 0.944. The fourth-order valence-corrected chi connectivity index (χ4v) is 3.30. The third kappa shape index (κ3) is 5.42. The van der Waals surface area contributed by atoms with E-state index in [4.69, 9.17) is 4.42 Å². The van der Waals surface area contributed by atoms with Gasteiger partial charge >= 0.3 is 6.36 Å². The lowest BCUT2D eigenvalue weighted by atomic mass is 10.1. The normalized spacial score (nSPS) is 13.8. The number of carbonyl (C=O) groups is 1. The second-order valence-electron chi connectivity index (χ2n) is 7.33. The van der Waals surface area contributed by atoms with Crippen molar-refractivity contribution in [1.82, 2.24) is 25.1 Å². The molecule has 0 aliphatic heterocycles. The summed E-state index contributed by atoms with van der Waals surface area (Å²) in [6, 6.07) is 7.17. The van der Waals surface area contributed by atoms with Crippen LogP contribution >= 0.6 is 0 Å². The largest absolute Gasteiger partial charge is 0.573 e. The van der Waals surface area contributed by atoms with Gasteiger partial charge in [-0.1, -0.05) is 18.2 Å². The van der Waals surface area contributed by atoms with Gasteiger partial charge in [-0.3, -0.25) is 4.79 Å². The first-order valence-electron chi connectivity index (χ1n) is 10.2. The molecule has 1 aliphatic carbocycles. The molecular formula is C23H20F3N5O3. The van der Waals surface area contributed by atoms with Crippen LogP contribution in [-0.2, 0) is 11.3 Å². The van der Waals surface area contributed by atoms with Gasteiger partial charge in [0.1, 0.15) is 11.6 Å². The van der Waals surface area contributed by atoms with Crippen molar-refractivity contribution in [3.8, 4) is 11.7 Å². The highest BCUT2D eigenvalue weighted by atomic mass is 19.4. The lowest BCUT2D eigenvalue weighted by Gasteiger charge is -2.08. The second kappa shape index (κ2) is 9.38. The predicted octanol–water partition coefficient (Wildman–Crippen LogP) is 4.41. The molecular weight excluding hydrogens is 451 g/mol. The highest BCUT2D eigenvalue weighted by Crippen LogP contribution is 2.27. The lowest BCUT2D eigenvalue weighted by Crippen LogP contribution is -2.18. The number of hydrogen-bond acceptors (Lipinski definition) is 6. The molecule has 11 heteroatoms. The van der Waals surface area contributed by atoms with E-state index >= 15 is 0 Å². The zero-order valence-electron chi connectivity index (χ0n) is 18.3. The number of oxazole rings is 1. The maximum Gasteiger partial charge on any atom is 0.573 e. The van der Waals surface area contributed by atoms with Crippen molar-refractivity contribution in [1.29, 1.82) is 0 Å². The third-order valence-electron chi connectivity index (χ3n) is 4.90.